The Balaban J connectivity index is 1.34. The van der Waals surface area contributed by atoms with Crippen LogP contribution in [0.5, 0.6) is 0 Å². The molecule has 7 nitrogen and oxygen atoms in total. The van der Waals surface area contributed by atoms with Crippen LogP contribution in [-0.4, -0.2) is 85.5 Å². The van der Waals surface area contributed by atoms with Gasteiger partial charge in [0.25, 0.3) is 5.91 Å². The van der Waals surface area contributed by atoms with Gasteiger partial charge in [-0.15, -0.1) is 0 Å². The molecule has 1 atom stereocenters. The van der Waals surface area contributed by atoms with Gasteiger partial charge in [-0.1, -0.05) is 0 Å². The molecule has 1 aromatic rings. The third kappa shape index (κ3) is 3.18. The molecular weight excluding hydrogens is 322 g/mol. The lowest BCUT2D eigenvalue weighted by Gasteiger charge is -2.29. The molecule has 0 aromatic carbocycles. The Bertz CT molecular complexity index is 626. The zero-order chi connectivity index (χ0) is 17.3. The van der Waals surface area contributed by atoms with E-state index in [2.05, 4.69) is 4.90 Å². The first-order chi connectivity index (χ1) is 12.2. The number of furan rings is 1. The van der Waals surface area contributed by atoms with Crippen molar-refractivity contribution in [2.75, 3.05) is 59.0 Å². The number of carbonyl (C=O) groups excluding carboxylic acids is 2. The number of hydrogen-bond donors (Lipinski definition) is 0. The highest BCUT2D eigenvalue weighted by molar-refractivity contribution is 5.95. The van der Waals surface area contributed by atoms with Crippen molar-refractivity contribution in [3.05, 3.63) is 24.2 Å². The summed E-state index contributed by atoms with van der Waals surface area (Å²) in [5, 5.41) is 0. The highest BCUT2D eigenvalue weighted by atomic mass is 16.5. The molecule has 7 heteroatoms. The van der Waals surface area contributed by atoms with E-state index in [1.807, 2.05) is 4.90 Å². The van der Waals surface area contributed by atoms with Gasteiger partial charge >= 0.3 is 0 Å². The molecule has 0 N–H and O–H groups in total. The Morgan fingerprint density at radius 3 is 2.68 bits per heavy atom. The summed E-state index contributed by atoms with van der Waals surface area (Å²) in [6, 6.07) is 1.68. The third-order valence-electron chi connectivity index (χ3n) is 5.80. The number of morpholine rings is 1. The SMILES string of the molecule is O=C(c1ccoc1)N1CCC2(CCN(CCN3CCOCC3)C2=O)C1. The van der Waals surface area contributed by atoms with E-state index in [9.17, 15) is 9.59 Å². The van der Waals surface area contributed by atoms with Gasteiger partial charge in [-0.2, -0.15) is 0 Å². The van der Waals surface area contributed by atoms with E-state index < -0.39 is 0 Å². The van der Waals surface area contributed by atoms with Crippen molar-refractivity contribution in [2.24, 2.45) is 5.41 Å². The number of amides is 2. The van der Waals surface area contributed by atoms with Gasteiger partial charge in [-0.3, -0.25) is 14.5 Å². The second-order valence-electron chi connectivity index (χ2n) is 7.27. The molecule has 25 heavy (non-hydrogen) atoms. The van der Waals surface area contributed by atoms with E-state index in [1.165, 1.54) is 12.5 Å². The molecule has 1 unspecified atom stereocenters. The summed E-state index contributed by atoms with van der Waals surface area (Å²) in [5.41, 5.74) is 0.191. The third-order valence-corrected chi connectivity index (χ3v) is 5.80. The maximum Gasteiger partial charge on any atom is 0.257 e. The summed E-state index contributed by atoms with van der Waals surface area (Å²) in [6.07, 6.45) is 4.60. The standard InChI is InChI=1S/C18H25N3O4/c22-16(15-1-10-25-13-15)21-5-3-18(14-21)2-4-20(17(18)23)7-6-19-8-11-24-12-9-19/h1,10,13H,2-9,11-12,14H2. The summed E-state index contributed by atoms with van der Waals surface area (Å²) in [6.45, 7) is 7.11. The Hall–Kier alpha value is -1.86. The molecule has 3 fully saturated rings. The summed E-state index contributed by atoms with van der Waals surface area (Å²) in [7, 11) is 0. The zero-order valence-corrected chi connectivity index (χ0v) is 14.5. The van der Waals surface area contributed by atoms with Crippen molar-refractivity contribution in [3.8, 4) is 0 Å². The van der Waals surface area contributed by atoms with Gasteiger partial charge in [0, 0.05) is 45.8 Å². The van der Waals surface area contributed by atoms with Crippen LogP contribution in [0.25, 0.3) is 0 Å². The van der Waals surface area contributed by atoms with E-state index >= 15 is 0 Å². The predicted octanol–water partition coefficient (Wildman–Crippen LogP) is 0.676. The Kier molecular flexibility index (Phi) is 4.52. The number of carbonyl (C=O) groups is 2. The quantitative estimate of drug-likeness (QED) is 0.801. The topological polar surface area (TPSA) is 66.2 Å². The molecular formula is C18H25N3O4. The van der Waals surface area contributed by atoms with Crippen molar-refractivity contribution >= 4 is 11.8 Å². The molecule has 0 bridgehead atoms. The molecule has 3 saturated heterocycles. The van der Waals surface area contributed by atoms with E-state index in [4.69, 9.17) is 9.15 Å². The fourth-order valence-electron chi connectivity index (χ4n) is 4.19. The van der Waals surface area contributed by atoms with Crippen LogP contribution in [0.15, 0.2) is 23.0 Å². The first kappa shape index (κ1) is 16.6. The average molecular weight is 347 g/mol. The van der Waals surface area contributed by atoms with Crippen LogP contribution < -0.4 is 0 Å². The van der Waals surface area contributed by atoms with Gasteiger partial charge < -0.3 is 19.0 Å². The maximum atomic E-state index is 13.0. The van der Waals surface area contributed by atoms with Crippen LogP contribution in [0.2, 0.25) is 0 Å². The molecule has 1 spiro atoms. The minimum absolute atomic E-state index is 0.0369. The highest BCUT2D eigenvalue weighted by Crippen LogP contribution is 2.41. The lowest BCUT2D eigenvalue weighted by Crippen LogP contribution is -2.43. The zero-order valence-electron chi connectivity index (χ0n) is 14.5. The summed E-state index contributed by atoms with van der Waals surface area (Å²) < 4.78 is 10.4. The fourth-order valence-corrected chi connectivity index (χ4v) is 4.19. The molecule has 0 saturated carbocycles. The Labute approximate surface area is 147 Å². The molecule has 0 radical (unpaired) electrons. The predicted molar refractivity (Wildman–Crippen MR) is 90.1 cm³/mol. The van der Waals surface area contributed by atoms with Crippen molar-refractivity contribution < 1.29 is 18.7 Å². The molecule has 1 aromatic heterocycles. The van der Waals surface area contributed by atoms with Crippen molar-refractivity contribution in [2.45, 2.75) is 12.8 Å². The lowest BCUT2D eigenvalue weighted by atomic mass is 9.85. The molecule has 136 valence electrons. The Morgan fingerprint density at radius 2 is 1.92 bits per heavy atom. The van der Waals surface area contributed by atoms with Gasteiger partial charge in [-0.05, 0) is 18.9 Å². The van der Waals surface area contributed by atoms with E-state index in [-0.39, 0.29) is 17.2 Å². The van der Waals surface area contributed by atoms with E-state index in [0.29, 0.717) is 18.7 Å². The number of rotatable bonds is 4. The van der Waals surface area contributed by atoms with Gasteiger partial charge in [0.05, 0.1) is 30.5 Å². The highest BCUT2D eigenvalue weighted by Gasteiger charge is 2.51. The van der Waals surface area contributed by atoms with E-state index in [1.54, 1.807) is 11.0 Å². The lowest BCUT2D eigenvalue weighted by molar-refractivity contribution is -0.135. The van der Waals surface area contributed by atoms with Crippen LogP contribution >= 0.6 is 0 Å². The molecule has 2 amide bonds. The second kappa shape index (κ2) is 6.80. The monoisotopic (exact) mass is 347 g/mol. The smallest absolute Gasteiger partial charge is 0.257 e. The second-order valence-corrected chi connectivity index (χ2v) is 7.27. The van der Waals surface area contributed by atoms with Crippen LogP contribution in [-0.2, 0) is 9.53 Å². The maximum absolute atomic E-state index is 13.0. The van der Waals surface area contributed by atoms with Crippen molar-refractivity contribution in [1.29, 1.82) is 0 Å². The number of nitrogens with zero attached hydrogens (tertiary/aromatic N) is 3. The van der Waals surface area contributed by atoms with Crippen LogP contribution in [0.4, 0.5) is 0 Å². The van der Waals surface area contributed by atoms with Crippen molar-refractivity contribution in [3.63, 3.8) is 0 Å². The normalized spacial score (nSPS) is 27.6. The summed E-state index contributed by atoms with van der Waals surface area (Å²) >= 11 is 0. The fraction of sp³-hybridized carbons (Fsp3) is 0.667. The largest absolute Gasteiger partial charge is 0.472 e. The van der Waals surface area contributed by atoms with Crippen LogP contribution in [0, 0.1) is 5.41 Å². The average Bonchev–Trinajstić information content (AvgIpc) is 3.38. The minimum Gasteiger partial charge on any atom is -0.472 e. The molecule has 3 aliphatic rings. The summed E-state index contributed by atoms with van der Waals surface area (Å²) in [4.78, 5) is 31.6. The van der Waals surface area contributed by atoms with Gasteiger partial charge in [0.1, 0.15) is 6.26 Å². The summed E-state index contributed by atoms with van der Waals surface area (Å²) in [5.74, 6) is 0.188. The number of hydrogen-bond acceptors (Lipinski definition) is 5. The number of ether oxygens (including phenoxy) is 1. The van der Waals surface area contributed by atoms with E-state index in [0.717, 1.165) is 58.8 Å². The molecule has 3 aliphatic heterocycles. The molecule has 0 aliphatic carbocycles. The minimum atomic E-state index is -0.371. The van der Waals surface area contributed by atoms with Gasteiger partial charge in [0.2, 0.25) is 5.91 Å². The first-order valence-electron chi connectivity index (χ1n) is 9.09. The van der Waals surface area contributed by atoms with Crippen molar-refractivity contribution in [1.82, 2.24) is 14.7 Å². The first-order valence-corrected chi connectivity index (χ1v) is 9.09. The van der Waals surface area contributed by atoms with Gasteiger partial charge in [-0.25, -0.2) is 0 Å². The Morgan fingerprint density at radius 1 is 1.12 bits per heavy atom. The number of likely N-dealkylation sites (tertiary alicyclic amines) is 2. The van der Waals surface area contributed by atoms with Gasteiger partial charge in [0.15, 0.2) is 0 Å². The van der Waals surface area contributed by atoms with Crippen LogP contribution in [0.1, 0.15) is 23.2 Å². The van der Waals surface area contributed by atoms with Crippen LogP contribution in [0.3, 0.4) is 0 Å². The molecule has 4 heterocycles. The molecule has 4 rings (SSSR count).